The summed E-state index contributed by atoms with van der Waals surface area (Å²) in [5.41, 5.74) is 2.72. The van der Waals surface area contributed by atoms with Crippen LogP contribution in [0.2, 0.25) is 0 Å². The fraction of sp³-hybridized carbons (Fsp3) is 0.905. The molecule has 0 aromatic heterocycles. The lowest BCUT2D eigenvalue weighted by atomic mass is 9.63. The summed E-state index contributed by atoms with van der Waals surface area (Å²) in [6, 6.07) is 0. The normalized spacial score (nSPS) is 64.1. The average molecular weight is 313 g/mol. The molecular formula is C21H28S. The van der Waals surface area contributed by atoms with E-state index in [1.807, 2.05) is 0 Å². The molecule has 0 N–H and O–H groups in total. The molecular weight excluding hydrogens is 284 g/mol. The van der Waals surface area contributed by atoms with Crippen molar-refractivity contribution in [3.05, 3.63) is 11.5 Å². The van der Waals surface area contributed by atoms with Crippen LogP contribution in [0.15, 0.2) is 11.5 Å². The van der Waals surface area contributed by atoms with Crippen molar-refractivity contribution >= 4 is 10.0 Å². The SMILES string of the molecule is C1=CS23CC4(C5CC6(CC6)C5)C1C4CC2CC31CC2(CC2)C1. The molecule has 4 spiro atoms. The van der Waals surface area contributed by atoms with Crippen molar-refractivity contribution in [2.75, 3.05) is 5.75 Å². The van der Waals surface area contributed by atoms with Crippen molar-refractivity contribution in [3.63, 3.8) is 0 Å². The molecule has 22 heavy (non-hydrogen) atoms. The largest absolute Gasteiger partial charge is 0.212 e. The molecule has 0 aromatic rings. The molecule has 1 heteroatoms. The third-order valence-corrected chi connectivity index (χ3v) is 15.8. The highest BCUT2D eigenvalue weighted by atomic mass is 32.3. The van der Waals surface area contributed by atoms with Crippen LogP contribution in [0.25, 0.3) is 0 Å². The lowest BCUT2D eigenvalue weighted by Gasteiger charge is -2.77. The summed E-state index contributed by atoms with van der Waals surface area (Å²) >= 11 is 0. The molecule has 5 unspecified atom stereocenters. The predicted octanol–water partition coefficient (Wildman–Crippen LogP) is 5.23. The highest BCUT2D eigenvalue weighted by Crippen LogP contribution is 2.96. The van der Waals surface area contributed by atoms with Gasteiger partial charge >= 0.3 is 0 Å². The maximum Gasteiger partial charge on any atom is 0.00588 e. The van der Waals surface area contributed by atoms with Crippen molar-refractivity contribution < 1.29 is 0 Å². The molecule has 5 atom stereocenters. The Kier molecular flexibility index (Phi) is 1.48. The first-order valence-electron chi connectivity index (χ1n) is 10.1. The van der Waals surface area contributed by atoms with Gasteiger partial charge in [-0.05, 0) is 115 Å². The monoisotopic (exact) mass is 312 g/mol. The summed E-state index contributed by atoms with van der Waals surface area (Å²) in [6.07, 6.45) is 19.2. The third kappa shape index (κ3) is 0.943. The van der Waals surface area contributed by atoms with E-state index in [2.05, 4.69) is 11.5 Å². The van der Waals surface area contributed by atoms with Gasteiger partial charge in [-0.1, -0.05) is 6.08 Å². The zero-order chi connectivity index (χ0) is 14.0. The van der Waals surface area contributed by atoms with Gasteiger partial charge in [-0.2, -0.15) is 0 Å². The van der Waals surface area contributed by atoms with E-state index < -0.39 is 0 Å². The van der Waals surface area contributed by atoms with Crippen LogP contribution in [-0.4, -0.2) is 15.7 Å². The van der Waals surface area contributed by atoms with Gasteiger partial charge < -0.3 is 0 Å². The Bertz CT molecular complexity index is 651. The first kappa shape index (κ1) is 11.6. The smallest absolute Gasteiger partial charge is 0.00588 e. The first-order valence-corrected chi connectivity index (χ1v) is 12.0. The molecule has 118 valence electrons. The number of allylic oxidation sites excluding steroid dienone is 1. The number of rotatable bonds is 1. The Labute approximate surface area is 135 Å². The van der Waals surface area contributed by atoms with E-state index in [1.165, 1.54) is 11.2 Å². The second-order valence-electron chi connectivity index (χ2n) is 11.3. The summed E-state index contributed by atoms with van der Waals surface area (Å²) in [6.45, 7) is 0. The van der Waals surface area contributed by atoms with Gasteiger partial charge in [-0.3, -0.25) is 0 Å². The van der Waals surface area contributed by atoms with Gasteiger partial charge in [0.15, 0.2) is 0 Å². The molecule has 8 aliphatic rings. The summed E-state index contributed by atoms with van der Waals surface area (Å²) in [5, 5.41) is 4.11. The molecule has 2 saturated heterocycles. The average Bonchev–Trinajstić information content (AvgIpc) is 3.27. The molecule has 0 amide bonds. The number of fused-ring (bicyclic) bond motifs is 1. The molecule has 5 saturated carbocycles. The second-order valence-corrected chi connectivity index (χ2v) is 15.1. The highest BCUT2D eigenvalue weighted by Gasteiger charge is 2.83. The Balaban J connectivity index is 1.19. The molecule has 0 nitrogen and oxygen atoms in total. The lowest BCUT2D eigenvalue weighted by Crippen LogP contribution is -2.64. The van der Waals surface area contributed by atoms with Gasteiger partial charge in [0, 0.05) is 4.75 Å². The fourth-order valence-electron chi connectivity index (χ4n) is 9.08. The van der Waals surface area contributed by atoms with Crippen LogP contribution in [0.4, 0.5) is 0 Å². The standard InChI is InChI=1S/C21H28S/c1-6-22-13-21(14-8-18(9-14)2-3-18)16(1)17(21)7-15(22)10-20(22)11-19(12-20)4-5-19/h1,6,14-17H,2-5,7-13H2. The van der Waals surface area contributed by atoms with Crippen molar-refractivity contribution in [1.82, 2.24) is 0 Å². The Hall–Kier alpha value is 0.0900. The minimum Gasteiger partial charge on any atom is -0.212 e. The Morgan fingerprint density at radius 1 is 0.909 bits per heavy atom. The van der Waals surface area contributed by atoms with Crippen molar-refractivity contribution in [2.24, 2.45) is 34.0 Å². The van der Waals surface area contributed by atoms with E-state index in [-0.39, 0.29) is 10.0 Å². The summed E-state index contributed by atoms with van der Waals surface area (Å²) in [4.78, 5) is 0. The molecule has 8 rings (SSSR count). The Morgan fingerprint density at radius 2 is 1.68 bits per heavy atom. The van der Waals surface area contributed by atoms with Crippen molar-refractivity contribution in [3.8, 4) is 0 Å². The maximum absolute atomic E-state index is 2.91. The Morgan fingerprint density at radius 3 is 2.41 bits per heavy atom. The van der Waals surface area contributed by atoms with E-state index in [9.17, 15) is 0 Å². The van der Waals surface area contributed by atoms with Crippen LogP contribution in [0.5, 0.6) is 0 Å². The number of hydrogen-bond acceptors (Lipinski definition) is 0. The van der Waals surface area contributed by atoms with Crippen LogP contribution in [-0.2, 0) is 0 Å². The zero-order valence-corrected chi connectivity index (χ0v) is 14.5. The second kappa shape index (κ2) is 2.80. The van der Waals surface area contributed by atoms with Crippen LogP contribution in [0.1, 0.15) is 64.2 Å². The summed E-state index contributed by atoms with van der Waals surface area (Å²) in [7, 11) is -0.330. The van der Waals surface area contributed by atoms with Crippen molar-refractivity contribution in [2.45, 2.75) is 74.2 Å². The third-order valence-electron chi connectivity index (χ3n) is 10.6. The van der Waals surface area contributed by atoms with E-state index in [1.54, 1.807) is 70.0 Å². The summed E-state index contributed by atoms with van der Waals surface area (Å²) in [5.74, 6) is 5.13. The van der Waals surface area contributed by atoms with Gasteiger partial charge in [-0.15, -0.1) is 0 Å². The van der Waals surface area contributed by atoms with Gasteiger partial charge in [0.2, 0.25) is 0 Å². The van der Waals surface area contributed by atoms with E-state index in [4.69, 9.17) is 0 Å². The van der Waals surface area contributed by atoms with Gasteiger partial charge in [0.05, 0.1) is 0 Å². The van der Waals surface area contributed by atoms with Gasteiger partial charge in [-0.25, -0.2) is 10.0 Å². The maximum atomic E-state index is 2.91. The lowest BCUT2D eigenvalue weighted by molar-refractivity contribution is 0.0771. The van der Waals surface area contributed by atoms with E-state index >= 15 is 0 Å². The molecule has 7 fully saturated rings. The molecule has 2 bridgehead atoms. The van der Waals surface area contributed by atoms with Crippen LogP contribution >= 0.6 is 10.0 Å². The van der Waals surface area contributed by atoms with E-state index in [0.717, 1.165) is 32.8 Å². The van der Waals surface area contributed by atoms with Crippen LogP contribution in [0.3, 0.4) is 0 Å². The molecule has 3 aliphatic heterocycles. The first-order chi connectivity index (χ1) is 10.6. The van der Waals surface area contributed by atoms with Gasteiger partial charge in [0.25, 0.3) is 0 Å². The molecule has 0 radical (unpaired) electrons. The molecule has 0 aromatic carbocycles. The predicted molar refractivity (Wildman–Crippen MR) is 92.1 cm³/mol. The zero-order valence-electron chi connectivity index (χ0n) is 13.7. The topological polar surface area (TPSA) is 0 Å². The quantitative estimate of drug-likeness (QED) is 0.622. The molecule has 5 aliphatic carbocycles. The van der Waals surface area contributed by atoms with Gasteiger partial charge in [0.1, 0.15) is 0 Å². The van der Waals surface area contributed by atoms with Crippen LogP contribution in [0, 0.1) is 34.0 Å². The minimum absolute atomic E-state index is 0.330. The highest BCUT2D eigenvalue weighted by molar-refractivity contribution is 8.38. The minimum atomic E-state index is -0.330. The summed E-state index contributed by atoms with van der Waals surface area (Å²) < 4.78 is 0.900. The van der Waals surface area contributed by atoms with E-state index in [0.29, 0.717) is 0 Å². The number of hydrogen-bond donors (Lipinski definition) is 0. The van der Waals surface area contributed by atoms with Crippen LogP contribution < -0.4 is 0 Å². The fourth-order valence-corrected chi connectivity index (χ4v) is 15.4. The van der Waals surface area contributed by atoms with Crippen molar-refractivity contribution in [1.29, 1.82) is 0 Å². The molecule has 3 heterocycles.